The Morgan fingerprint density at radius 2 is 2.28 bits per heavy atom. The smallest absolute Gasteiger partial charge is 0.125 e. The molecule has 1 rings (SSSR count). The lowest BCUT2D eigenvalue weighted by molar-refractivity contribution is 0.0422. The van der Waals surface area contributed by atoms with Crippen LogP contribution >= 0.6 is 11.6 Å². The van der Waals surface area contributed by atoms with Gasteiger partial charge in [-0.1, -0.05) is 24.9 Å². The summed E-state index contributed by atoms with van der Waals surface area (Å²) in [6.45, 7) is 3.26. The highest BCUT2D eigenvalue weighted by Crippen LogP contribution is 2.22. The second-order valence-electron chi connectivity index (χ2n) is 4.09. The Hall–Kier alpha value is -0.840. The average molecular weight is 276 g/mol. The van der Waals surface area contributed by atoms with Gasteiger partial charge in [0, 0.05) is 13.2 Å². The Morgan fingerprint density at radius 3 is 3.00 bits per heavy atom. The molecule has 0 spiro atoms. The van der Waals surface area contributed by atoms with Crippen molar-refractivity contribution in [3.05, 3.63) is 29.0 Å². The Morgan fingerprint density at radius 1 is 1.50 bits per heavy atom. The number of ether oxygens (including phenoxy) is 1. The molecule has 18 heavy (non-hydrogen) atoms. The van der Waals surface area contributed by atoms with Crippen molar-refractivity contribution in [3.63, 3.8) is 0 Å². The number of unbranched alkanes of at least 4 members (excludes halogenated alkanes) is 1. The number of nitrogens with one attached hydrogen (secondary N) is 1. The van der Waals surface area contributed by atoms with Crippen LogP contribution < -0.4 is 5.32 Å². The van der Waals surface area contributed by atoms with Crippen LogP contribution in [0.1, 0.15) is 19.8 Å². The summed E-state index contributed by atoms with van der Waals surface area (Å²) < 4.78 is 18.3. The van der Waals surface area contributed by atoms with Gasteiger partial charge in [-0.05, 0) is 24.6 Å². The lowest BCUT2D eigenvalue weighted by atomic mass is 10.3. The lowest BCUT2D eigenvalue weighted by Gasteiger charge is -2.14. The molecule has 1 unspecified atom stereocenters. The van der Waals surface area contributed by atoms with Gasteiger partial charge in [-0.2, -0.15) is 0 Å². The second kappa shape index (κ2) is 8.29. The van der Waals surface area contributed by atoms with Crippen molar-refractivity contribution in [3.8, 4) is 0 Å². The molecular weight excluding hydrogens is 257 g/mol. The van der Waals surface area contributed by atoms with Crippen LogP contribution in [0.3, 0.4) is 0 Å². The maximum absolute atomic E-state index is 13.0. The van der Waals surface area contributed by atoms with E-state index in [2.05, 4.69) is 12.2 Å². The molecule has 1 atom stereocenters. The molecule has 0 saturated carbocycles. The molecule has 5 heteroatoms. The van der Waals surface area contributed by atoms with Crippen LogP contribution in [0.2, 0.25) is 5.02 Å². The Kier molecular flexibility index (Phi) is 7.01. The quantitative estimate of drug-likeness (QED) is 0.717. The molecule has 0 aromatic heterocycles. The minimum absolute atomic E-state index is 0.264. The van der Waals surface area contributed by atoms with Crippen molar-refractivity contribution in [2.45, 2.75) is 25.9 Å². The minimum atomic E-state index is -0.638. The summed E-state index contributed by atoms with van der Waals surface area (Å²) in [4.78, 5) is 0. The fourth-order valence-electron chi connectivity index (χ4n) is 1.39. The van der Waals surface area contributed by atoms with Crippen LogP contribution in [0.4, 0.5) is 10.1 Å². The third kappa shape index (κ3) is 5.67. The summed E-state index contributed by atoms with van der Waals surface area (Å²) >= 11 is 5.88. The van der Waals surface area contributed by atoms with E-state index in [4.69, 9.17) is 16.3 Å². The van der Waals surface area contributed by atoms with E-state index in [1.54, 1.807) is 0 Å². The highest BCUT2D eigenvalue weighted by atomic mass is 35.5. The monoisotopic (exact) mass is 275 g/mol. The van der Waals surface area contributed by atoms with Gasteiger partial charge in [0.1, 0.15) is 5.82 Å². The largest absolute Gasteiger partial charge is 0.389 e. The first-order valence-corrected chi connectivity index (χ1v) is 6.46. The fourth-order valence-corrected chi connectivity index (χ4v) is 1.57. The molecule has 3 nitrogen and oxygen atoms in total. The van der Waals surface area contributed by atoms with E-state index in [0.717, 1.165) is 12.8 Å². The number of aliphatic hydroxyl groups is 1. The zero-order chi connectivity index (χ0) is 13.4. The van der Waals surface area contributed by atoms with Crippen LogP contribution in [-0.4, -0.2) is 31.0 Å². The second-order valence-corrected chi connectivity index (χ2v) is 4.49. The van der Waals surface area contributed by atoms with E-state index >= 15 is 0 Å². The summed E-state index contributed by atoms with van der Waals surface area (Å²) in [6.07, 6.45) is 1.41. The number of halogens is 2. The van der Waals surface area contributed by atoms with Crippen molar-refractivity contribution in [1.82, 2.24) is 0 Å². The summed E-state index contributed by atoms with van der Waals surface area (Å²) in [7, 11) is 0. The maximum atomic E-state index is 13.0. The first-order valence-electron chi connectivity index (χ1n) is 6.08. The normalized spacial score (nSPS) is 12.4. The van der Waals surface area contributed by atoms with E-state index in [-0.39, 0.29) is 19.0 Å². The van der Waals surface area contributed by atoms with E-state index in [1.807, 2.05) is 0 Å². The summed E-state index contributed by atoms with van der Waals surface area (Å²) in [5, 5.41) is 13.0. The Labute approximate surface area is 112 Å². The van der Waals surface area contributed by atoms with Gasteiger partial charge < -0.3 is 15.2 Å². The zero-order valence-electron chi connectivity index (χ0n) is 10.5. The Bertz CT molecular complexity index is 363. The number of rotatable bonds is 8. The van der Waals surface area contributed by atoms with Crippen LogP contribution in [-0.2, 0) is 4.74 Å². The lowest BCUT2D eigenvalue weighted by Crippen LogP contribution is -2.25. The van der Waals surface area contributed by atoms with E-state index in [0.29, 0.717) is 17.3 Å². The topological polar surface area (TPSA) is 41.5 Å². The van der Waals surface area contributed by atoms with E-state index < -0.39 is 6.10 Å². The van der Waals surface area contributed by atoms with Crippen molar-refractivity contribution in [2.75, 3.05) is 25.1 Å². The van der Waals surface area contributed by atoms with Gasteiger partial charge in [-0.25, -0.2) is 4.39 Å². The maximum Gasteiger partial charge on any atom is 0.125 e. The molecule has 0 radical (unpaired) electrons. The van der Waals surface area contributed by atoms with Crippen molar-refractivity contribution < 1.29 is 14.2 Å². The van der Waals surface area contributed by atoms with Gasteiger partial charge in [0.2, 0.25) is 0 Å². The van der Waals surface area contributed by atoms with Crippen molar-refractivity contribution >= 4 is 17.3 Å². The predicted octanol–water partition coefficient (Wildman–Crippen LogP) is 3.07. The standard InChI is InChI=1S/C13H19ClFNO2/c1-2-3-6-18-9-11(17)8-16-13-7-10(15)4-5-12(13)14/h4-5,7,11,16-17H,2-3,6,8-9H2,1H3. The molecule has 1 aromatic carbocycles. The zero-order valence-corrected chi connectivity index (χ0v) is 11.2. The Balaban J connectivity index is 2.29. The number of anilines is 1. The summed E-state index contributed by atoms with van der Waals surface area (Å²) in [5.41, 5.74) is 0.476. The van der Waals surface area contributed by atoms with Gasteiger partial charge in [0.15, 0.2) is 0 Å². The molecule has 1 aromatic rings. The van der Waals surface area contributed by atoms with Crippen LogP contribution in [0, 0.1) is 5.82 Å². The SMILES string of the molecule is CCCCOCC(O)CNc1cc(F)ccc1Cl. The van der Waals surface area contributed by atoms with Gasteiger partial charge in [0.05, 0.1) is 23.4 Å². The third-order valence-electron chi connectivity index (χ3n) is 2.41. The molecular formula is C13H19ClFNO2. The molecule has 0 aliphatic rings. The van der Waals surface area contributed by atoms with Crippen LogP contribution in [0.5, 0.6) is 0 Å². The third-order valence-corrected chi connectivity index (χ3v) is 2.74. The molecule has 2 N–H and O–H groups in total. The predicted molar refractivity (Wildman–Crippen MR) is 71.6 cm³/mol. The van der Waals surface area contributed by atoms with Gasteiger partial charge >= 0.3 is 0 Å². The van der Waals surface area contributed by atoms with E-state index in [1.165, 1.54) is 18.2 Å². The van der Waals surface area contributed by atoms with Crippen LogP contribution in [0.15, 0.2) is 18.2 Å². The number of aliphatic hydroxyl groups excluding tert-OH is 1. The highest BCUT2D eigenvalue weighted by molar-refractivity contribution is 6.33. The molecule has 0 saturated heterocycles. The fraction of sp³-hybridized carbons (Fsp3) is 0.538. The summed E-state index contributed by atoms with van der Waals surface area (Å²) in [6, 6.07) is 4.06. The van der Waals surface area contributed by atoms with Gasteiger partial charge in [-0.15, -0.1) is 0 Å². The van der Waals surface area contributed by atoms with Gasteiger partial charge in [-0.3, -0.25) is 0 Å². The number of benzene rings is 1. The highest BCUT2D eigenvalue weighted by Gasteiger charge is 2.06. The molecule has 0 aliphatic carbocycles. The minimum Gasteiger partial charge on any atom is -0.389 e. The molecule has 102 valence electrons. The van der Waals surface area contributed by atoms with Crippen molar-refractivity contribution in [1.29, 1.82) is 0 Å². The molecule has 0 heterocycles. The average Bonchev–Trinajstić information content (AvgIpc) is 2.36. The van der Waals surface area contributed by atoms with Crippen LogP contribution in [0.25, 0.3) is 0 Å². The molecule has 0 bridgehead atoms. The molecule has 0 aliphatic heterocycles. The molecule has 0 fully saturated rings. The summed E-state index contributed by atoms with van der Waals surface area (Å²) in [5.74, 6) is -0.365. The van der Waals surface area contributed by atoms with E-state index in [9.17, 15) is 9.50 Å². The van der Waals surface area contributed by atoms with Crippen molar-refractivity contribution in [2.24, 2.45) is 0 Å². The molecule has 0 amide bonds. The number of hydrogen-bond acceptors (Lipinski definition) is 3. The first kappa shape index (κ1) is 15.2. The number of hydrogen-bond donors (Lipinski definition) is 2. The van der Waals surface area contributed by atoms with Gasteiger partial charge in [0.25, 0.3) is 0 Å². The first-order chi connectivity index (χ1) is 8.63.